The number of rotatable bonds is 4. The number of pyridine rings is 2. The van der Waals surface area contributed by atoms with E-state index in [4.69, 9.17) is 4.98 Å². The summed E-state index contributed by atoms with van der Waals surface area (Å²) in [6, 6.07) is 9.97. The van der Waals surface area contributed by atoms with Gasteiger partial charge < -0.3 is 10.2 Å². The minimum atomic E-state index is -0.876. The summed E-state index contributed by atoms with van der Waals surface area (Å²) in [6.45, 7) is 3.45. The van der Waals surface area contributed by atoms with Crippen molar-refractivity contribution in [1.82, 2.24) is 19.3 Å². The van der Waals surface area contributed by atoms with Crippen molar-refractivity contribution < 1.29 is 4.39 Å². The molecule has 2 aliphatic rings. The van der Waals surface area contributed by atoms with Gasteiger partial charge in [-0.1, -0.05) is 13.0 Å². The molecule has 140 valence electrons. The van der Waals surface area contributed by atoms with Crippen molar-refractivity contribution in [1.29, 1.82) is 0 Å². The zero-order valence-electron chi connectivity index (χ0n) is 15.7. The van der Waals surface area contributed by atoms with Crippen LogP contribution in [0.5, 0.6) is 0 Å². The average molecular weight is 365 g/mol. The van der Waals surface area contributed by atoms with E-state index in [-0.39, 0.29) is 6.04 Å². The lowest BCUT2D eigenvalue weighted by Crippen LogP contribution is -2.29. The van der Waals surface area contributed by atoms with Crippen LogP contribution >= 0.6 is 0 Å². The van der Waals surface area contributed by atoms with E-state index in [0.29, 0.717) is 24.3 Å². The number of aromatic nitrogens is 3. The summed E-state index contributed by atoms with van der Waals surface area (Å²) in [4.78, 5) is 11.3. The quantitative estimate of drug-likeness (QED) is 0.769. The van der Waals surface area contributed by atoms with Crippen LogP contribution in [-0.2, 0) is 5.41 Å². The molecule has 1 aliphatic carbocycles. The fourth-order valence-corrected chi connectivity index (χ4v) is 3.96. The van der Waals surface area contributed by atoms with Gasteiger partial charge in [-0.25, -0.2) is 14.4 Å². The lowest BCUT2D eigenvalue weighted by atomic mass is 10.00. The first kappa shape index (κ1) is 16.7. The van der Waals surface area contributed by atoms with E-state index in [1.165, 1.54) is 18.4 Å². The molecule has 0 spiro atoms. The first-order valence-corrected chi connectivity index (χ1v) is 9.56. The Morgan fingerprint density at radius 1 is 1.22 bits per heavy atom. The summed E-state index contributed by atoms with van der Waals surface area (Å²) in [5.41, 5.74) is 4.40. The Labute approximate surface area is 158 Å². The van der Waals surface area contributed by atoms with Gasteiger partial charge in [-0.3, -0.25) is 4.40 Å². The number of imidazole rings is 1. The fraction of sp³-hybridized carbons (Fsp3) is 0.429. The third kappa shape index (κ3) is 2.98. The highest BCUT2D eigenvalue weighted by atomic mass is 19.1. The molecule has 1 saturated heterocycles. The second kappa shape index (κ2) is 6.02. The molecule has 6 heteroatoms. The zero-order valence-corrected chi connectivity index (χ0v) is 15.7. The highest BCUT2D eigenvalue weighted by Crippen LogP contribution is 2.47. The van der Waals surface area contributed by atoms with Gasteiger partial charge in [0, 0.05) is 19.3 Å². The van der Waals surface area contributed by atoms with Crippen LogP contribution in [-0.4, -0.2) is 51.6 Å². The maximum Gasteiger partial charge on any atom is 0.137 e. The number of nitrogens with one attached hydrogen (secondary N) is 1. The topological polar surface area (TPSA) is 45.5 Å². The predicted octanol–water partition coefficient (Wildman–Crippen LogP) is 3.51. The minimum Gasteiger partial charge on any atom is -0.363 e. The number of likely N-dealkylation sites (N-methyl/N-ethyl adjacent to an activating group) is 1. The number of fused-ring (bicyclic) bond motifs is 1. The highest BCUT2D eigenvalue weighted by Gasteiger charge is 2.39. The average Bonchev–Trinajstić information content (AvgIpc) is 3.14. The van der Waals surface area contributed by atoms with Crippen molar-refractivity contribution in [2.24, 2.45) is 0 Å². The number of likely N-dealkylation sites (tertiary alicyclic amines) is 1. The SMILES string of the molecule is CN1C[C@H](Nc2cccc(-c3cnc4cc(C5(C)CC5)ccn34)n2)[C@@H](F)C1. The van der Waals surface area contributed by atoms with Gasteiger partial charge >= 0.3 is 0 Å². The molecule has 0 aromatic carbocycles. The van der Waals surface area contributed by atoms with Gasteiger partial charge in [0.05, 0.1) is 23.6 Å². The zero-order chi connectivity index (χ0) is 18.6. The molecule has 3 aromatic rings. The minimum absolute atomic E-state index is 0.221. The van der Waals surface area contributed by atoms with Crippen LogP contribution in [0.2, 0.25) is 0 Å². The van der Waals surface area contributed by atoms with Gasteiger partial charge in [-0.05, 0) is 55.1 Å². The van der Waals surface area contributed by atoms with Crippen molar-refractivity contribution >= 4 is 11.5 Å². The lowest BCUT2D eigenvalue weighted by molar-refractivity contribution is 0.314. The fourth-order valence-electron chi connectivity index (χ4n) is 3.96. The Bertz CT molecular complexity index is 993. The van der Waals surface area contributed by atoms with Crippen LogP contribution in [0.4, 0.5) is 10.2 Å². The van der Waals surface area contributed by atoms with Gasteiger partial charge in [0.2, 0.25) is 0 Å². The standard InChI is InChI=1S/C21H24FN5/c1-21(7-8-21)14-6-9-27-18(11-23-20(27)10-14)16-4-3-5-19(24-16)25-17-13-26(2)12-15(17)22/h3-6,9-11,15,17H,7-8,12-13H2,1-2H3,(H,24,25)/t15-,17-/m0/s1. The summed E-state index contributed by atoms with van der Waals surface area (Å²) in [5, 5.41) is 3.25. The number of hydrogen-bond acceptors (Lipinski definition) is 4. The molecule has 3 aromatic heterocycles. The summed E-state index contributed by atoms with van der Waals surface area (Å²) in [6.07, 6.45) is 5.57. The molecule has 27 heavy (non-hydrogen) atoms. The van der Waals surface area contributed by atoms with E-state index >= 15 is 0 Å². The van der Waals surface area contributed by atoms with Gasteiger partial charge in [0.1, 0.15) is 17.6 Å². The summed E-state index contributed by atoms with van der Waals surface area (Å²) < 4.78 is 16.2. The largest absolute Gasteiger partial charge is 0.363 e. The summed E-state index contributed by atoms with van der Waals surface area (Å²) >= 11 is 0. The summed E-state index contributed by atoms with van der Waals surface area (Å²) in [7, 11) is 1.94. The maximum atomic E-state index is 14.1. The van der Waals surface area contributed by atoms with E-state index in [2.05, 4.69) is 40.0 Å². The molecule has 4 heterocycles. The molecule has 5 nitrogen and oxygen atoms in total. The number of anilines is 1. The lowest BCUT2D eigenvalue weighted by Gasteiger charge is -2.15. The van der Waals surface area contributed by atoms with Crippen molar-refractivity contribution in [2.45, 2.75) is 37.4 Å². The van der Waals surface area contributed by atoms with E-state index in [1.807, 2.05) is 36.3 Å². The van der Waals surface area contributed by atoms with Crippen LogP contribution < -0.4 is 5.32 Å². The van der Waals surface area contributed by atoms with Crippen molar-refractivity contribution in [2.75, 3.05) is 25.5 Å². The smallest absolute Gasteiger partial charge is 0.137 e. The molecule has 0 unspecified atom stereocenters. The van der Waals surface area contributed by atoms with E-state index in [1.54, 1.807) is 0 Å². The molecule has 0 amide bonds. The molecule has 2 atom stereocenters. The number of hydrogen-bond donors (Lipinski definition) is 1. The first-order valence-electron chi connectivity index (χ1n) is 9.56. The molecule has 0 radical (unpaired) electrons. The first-order chi connectivity index (χ1) is 13.0. The van der Waals surface area contributed by atoms with Gasteiger partial charge in [0.25, 0.3) is 0 Å². The second-order valence-electron chi connectivity index (χ2n) is 8.24. The molecular formula is C21H24FN5. The third-order valence-electron chi connectivity index (χ3n) is 5.99. The summed E-state index contributed by atoms with van der Waals surface area (Å²) in [5.74, 6) is 0.701. The molecule has 2 fully saturated rings. The van der Waals surface area contributed by atoms with Crippen LogP contribution in [0, 0.1) is 0 Å². The third-order valence-corrected chi connectivity index (χ3v) is 5.99. The van der Waals surface area contributed by atoms with Crippen molar-refractivity contribution in [3.05, 3.63) is 48.3 Å². The van der Waals surface area contributed by atoms with Crippen LogP contribution in [0.25, 0.3) is 17.0 Å². The second-order valence-corrected chi connectivity index (χ2v) is 8.24. The number of halogens is 1. The van der Waals surface area contributed by atoms with Crippen molar-refractivity contribution in [3.63, 3.8) is 0 Å². The van der Waals surface area contributed by atoms with E-state index in [9.17, 15) is 4.39 Å². The Balaban J connectivity index is 1.44. The van der Waals surface area contributed by atoms with E-state index in [0.717, 1.165) is 17.0 Å². The van der Waals surface area contributed by atoms with Gasteiger partial charge in [0.15, 0.2) is 0 Å². The Morgan fingerprint density at radius 3 is 2.81 bits per heavy atom. The molecule has 1 saturated carbocycles. The Kier molecular flexibility index (Phi) is 3.72. The molecule has 5 rings (SSSR count). The predicted molar refractivity (Wildman–Crippen MR) is 105 cm³/mol. The molecular weight excluding hydrogens is 341 g/mol. The Morgan fingerprint density at radius 2 is 2.07 bits per heavy atom. The number of alkyl halides is 1. The highest BCUT2D eigenvalue weighted by molar-refractivity contribution is 5.63. The molecule has 1 N–H and O–H groups in total. The number of nitrogens with zero attached hydrogens (tertiary/aromatic N) is 4. The molecule has 1 aliphatic heterocycles. The normalized spacial score (nSPS) is 24.4. The van der Waals surface area contributed by atoms with Gasteiger partial charge in [-0.15, -0.1) is 0 Å². The molecule has 0 bridgehead atoms. The van der Waals surface area contributed by atoms with Crippen LogP contribution in [0.3, 0.4) is 0 Å². The van der Waals surface area contributed by atoms with Crippen LogP contribution in [0.1, 0.15) is 25.3 Å². The van der Waals surface area contributed by atoms with E-state index < -0.39 is 6.17 Å². The van der Waals surface area contributed by atoms with Crippen molar-refractivity contribution in [3.8, 4) is 11.4 Å². The monoisotopic (exact) mass is 365 g/mol. The maximum absolute atomic E-state index is 14.1. The van der Waals surface area contributed by atoms with Gasteiger partial charge in [-0.2, -0.15) is 0 Å². The Hall–Kier alpha value is -2.47. The van der Waals surface area contributed by atoms with Crippen LogP contribution in [0.15, 0.2) is 42.7 Å².